The lowest BCUT2D eigenvalue weighted by Gasteiger charge is -2.35. The van der Waals surface area contributed by atoms with Crippen LogP contribution in [0.3, 0.4) is 0 Å². The van der Waals surface area contributed by atoms with E-state index >= 15 is 0 Å². The maximum Gasteiger partial charge on any atom is 0.138 e. The fourth-order valence-electron chi connectivity index (χ4n) is 2.35. The first-order valence-corrected chi connectivity index (χ1v) is 7.23. The molecule has 1 heterocycles. The van der Waals surface area contributed by atoms with Gasteiger partial charge < -0.3 is 21.5 Å². The van der Waals surface area contributed by atoms with Crippen molar-refractivity contribution in [2.24, 2.45) is 0 Å². The van der Waals surface area contributed by atoms with Crippen LogP contribution in [0.1, 0.15) is 40.0 Å². The van der Waals surface area contributed by atoms with E-state index in [4.69, 9.17) is 0 Å². The Kier molecular flexibility index (Phi) is 9.58. The number of Topliss-reactive ketones (excluding diaryl/α,β-unsaturated/α-hetero) is 1. The molecule has 0 atom stereocenters. The summed E-state index contributed by atoms with van der Waals surface area (Å²) < 4.78 is 2.70. The van der Waals surface area contributed by atoms with Gasteiger partial charge >= 0.3 is 0 Å². The average molecular weight is 348 g/mol. The number of aromatic nitrogens is 4. The molecule has 1 rings (SSSR count). The summed E-state index contributed by atoms with van der Waals surface area (Å²) in [7, 11) is 0. The van der Waals surface area contributed by atoms with Gasteiger partial charge in [-0.05, 0) is 37.6 Å². The molecular weight excluding hydrogens is 322 g/mol. The zero-order chi connectivity index (χ0) is 14.1. The Hall–Kier alpha value is -0.820. The lowest BCUT2D eigenvalue weighted by atomic mass is 10.1. The lowest BCUT2D eigenvalue weighted by Crippen LogP contribution is -3.00. The summed E-state index contributed by atoms with van der Waals surface area (Å²) in [5.41, 5.74) is 0. The third-order valence-corrected chi connectivity index (χ3v) is 4.11. The van der Waals surface area contributed by atoms with Crippen molar-refractivity contribution in [2.45, 2.75) is 46.6 Å². The number of halogens is 1. The van der Waals surface area contributed by atoms with Crippen molar-refractivity contribution >= 4 is 5.78 Å². The number of nitrogens with zero attached hydrogens (tertiary/aromatic N) is 5. The van der Waals surface area contributed by atoms with E-state index in [1.165, 1.54) is 0 Å². The third kappa shape index (κ3) is 6.09. The molecule has 0 spiro atoms. The van der Waals surface area contributed by atoms with Crippen LogP contribution < -0.4 is 17.0 Å². The van der Waals surface area contributed by atoms with E-state index in [-0.39, 0.29) is 17.0 Å². The first-order chi connectivity index (χ1) is 9.15. The largest absolute Gasteiger partial charge is 1.00 e. The molecule has 0 fully saturated rings. The van der Waals surface area contributed by atoms with E-state index in [0.29, 0.717) is 25.2 Å². The van der Waals surface area contributed by atoms with E-state index in [2.05, 4.69) is 36.3 Å². The second-order valence-corrected chi connectivity index (χ2v) is 4.98. The van der Waals surface area contributed by atoms with Crippen molar-refractivity contribution in [1.82, 2.24) is 20.2 Å². The summed E-state index contributed by atoms with van der Waals surface area (Å²) >= 11 is 0. The Morgan fingerprint density at radius 2 is 1.80 bits per heavy atom. The highest BCUT2D eigenvalue weighted by atomic mass is 79.9. The SMILES string of the molecule is CC[N+](CC)(CC)CCC(=O)CCCn1cnnn1.[Br-]. The molecule has 20 heavy (non-hydrogen) atoms. The van der Waals surface area contributed by atoms with E-state index in [1.54, 1.807) is 11.0 Å². The van der Waals surface area contributed by atoms with Gasteiger partial charge in [-0.25, -0.2) is 4.68 Å². The van der Waals surface area contributed by atoms with Gasteiger partial charge in [0.25, 0.3) is 0 Å². The standard InChI is InChI=1S/C13H26N5O.BrH/c1-4-18(5-2,6-3)11-9-13(19)8-7-10-17-12-14-15-16-17;/h12H,4-11H2,1-3H3;1H/q+1;/p-1. The quantitative estimate of drug-likeness (QED) is 0.473. The Balaban J connectivity index is 0.00000361. The minimum atomic E-state index is 0. The number of carbonyl (C=O) groups is 1. The van der Waals surface area contributed by atoms with Crippen molar-refractivity contribution in [3.63, 3.8) is 0 Å². The number of tetrazole rings is 1. The second-order valence-electron chi connectivity index (χ2n) is 4.98. The highest BCUT2D eigenvalue weighted by molar-refractivity contribution is 5.78. The topological polar surface area (TPSA) is 60.7 Å². The van der Waals surface area contributed by atoms with Gasteiger partial charge in [-0.1, -0.05) is 0 Å². The van der Waals surface area contributed by atoms with Gasteiger partial charge in [0.15, 0.2) is 0 Å². The highest BCUT2D eigenvalue weighted by Gasteiger charge is 2.21. The zero-order valence-corrected chi connectivity index (χ0v) is 14.3. The number of hydrogen-bond acceptors (Lipinski definition) is 4. The molecule has 0 radical (unpaired) electrons. The Morgan fingerprint density at radius 1 is 1.15 bits per heavy atom. The van der Waals surface area contributed by atoms with Crippen LogP contribution in [-0.4, -0.2) is 56.7 Å². The first-order valence-electron chi connectivity index (χ1n) is 7.23. The summed E-state index contributed by atoms with van der Waals surface area (Å²) in [5, 5.41) is 10.9. The van der Waals surface area contributed by atoms with Crippen LogP contribution in [0, 0.1) is 0 Å². The molecule has 0 saturated carbocycles. The maximum atomic E-state index is 11.9. The van der Waals surface area contributed by atoms with Crippen LogP contribution in [-0.2, 0) is 11.3 Å². The van der Waals surface area contributed by atoms with E-state index in [1.807, 2.05) is 0 Å². The van der Waals surface area contributed by atoms with Crippen molar-refractivity contribution in [2.75, 3.05) is 26.2 Å². The molecule has 7 heteroatoms. The van der Waals surface area contributed by atoms with Crippen molar-refractivity contribution in [3.8, 4) is 0 Å². The molecule has 0 bridgehead atoms. The smallest absolute Gasteiger partial charge is 0.138 e. The fraction of sp³-hybridized carbons (Fsp3) is 0.846. The molecule has 0 aliphatic heterocycles. The van der Waals surface area contributed by atoms with Crippen LogP contribution in [0.5, 0.6) is 0 Å². The number of ketones is 1. The number of aryl methyl sites for hydroxylation is 1. The predicted molar refractivity (Wildman–Crippen MR) is 73.4 cm³/mol. The number of hydrogen-bond donors (Lipinski definition) is 0. The molecule has 0 aliphatic carbocycles. The Labute approximate surface area is 131 Å². The maximum absolute atomic E-state index is 11.9. The number of rotatable bonds is 10. The van der Waals surface area contributed by atoms with Gasteiger partial charge in [0.2, 0.25) is 0 Å². The van der Waals surface area contributed by atoms with Crippen molar-refractivity contribution < 1.29 is 26.3 Å². The Bertz CT molecular complexity index is 357. The van der Waals surface area contributed by atoms with Crippen LogP contribution in [0.25, 0.3) is 0 Å². The number of carbonyl (C=O) groups excluding carboxylic acids is 1. The molecule has 1 aromatic heterocycles. The van der Waals surface area contributed by atoms with Crippen molar-refractivity contribution in [1.29, 1.82) is 0 Å². The molecule has 0 aliphatic rings. The van der Waals surface area contributed by atoms with E-state index < -0.39 is 0 Å². The average Bonchev–Trinajstić information content (AvgIpc) is 2.94. The molecule has 6 nitrogen and oxygen atoms in total. The molecule has 116 valence electrons. The molecular formula is C13H26BrN5O. The van der Waals surface area contributed by atoms with Gasteiger partial charge in [0, 0.05) is 13.0 Å². The minimum Gasteiger partial charge on any atom is -1.00 e. The third-order valence-electron chi connectivity index (χ3n) is 4.11. The molecule has 0 saturated heterocycles. The lowest BCUT2D eigenvalue weighted by molar-refractivity contribution is -0.922. The first kappa shape index (κ1) is 19.2. The molecule has 0 unspecified atom stereocenters. The normalized spacial score (nSPS) is 11.2. The van der Waals surface area contributed by atoms with Gasteiger partial charge in [0.1, 0.15) is 12.1 Å². The van der Waals surface area contributed by atoms with Gasteiger partial charge in [-0.3, -0.25) is 4.79 Å². The summed E-state index contributed by atoms with van der Waals surface area (Å²) in [5.74, 6) is 0.353. The van der Waals surface area contributed by atoms with Crippen LogP contribution in [0.15, 0.2) is 6.33 Å². The summed E-state index contributed by atoms with van der Waals surface area (Å²) in [6.07, 6.45) is 3.70. The van der Waals surface area contributed by atoms with E-state index in [0.717, 1.165) is 37.1 Å². The summed E-state index contributed by atoms with van der Waals surface area (Å²) in [6, 6.07) is 0. The predicted octanol–water partition coefficient (Wildman–Crippen LogP) is -1.71. The molecule has 1 aromatic rings. The molecule has 0 amide bonds. The number of quaternary nitrogens is 1. The summed E-state index contributed by atoms with van der Waals surface area (Å²) in [6.45, 7) is 11.6. The van der Waals surface area contributed by atoms with E-state index in [9.17, 15) is 4.79 Å². The van der Waals surface area contributed by atoms with Gasteiger partial charge in [-0.2, -0.15) is 0 Å². The van der Waals surface area contributed by atoms with Crippen LogP contribution in [0.4, 0.5) is 0 Å². The Morgan fingerprint density at radius 3 is 2.30 bits per heavy atom. The zero-order valence-electron chi connectivity index (χ0n) is 12.8. The summed E-state index contributed by atoms with van der Waals surface area (Å²) in [4.78, 5) is 11.9. The van der Waals surface area contributed by atoms with Gasteiger partial charge in [-0.15, -0.1) is 5.10 Å². The van der Waals surface area contributed by atoms with Crippen molar-refractivity contribution in [3.05, 3.63) is 6.33 Å². The highest BCUT2D eigenvalue weighted by Crippen LogP contribution is 2.09. The molecule has 0 aromatic carbocycles. The molecule has 0 N–H and O–H groups in total. The monoisotopic (exact) mass is 347 g/mol. The van der Waals surface area contributed by atoms with Gasteiger partial charge in [0.05, 0.1) is 32.6 Å². The second kappa shape index (κ2) is 9.99. The fourth-order valence-corrected chi connectivity index (χ4v) is 2.35. The minimum absolute atomic E-state index is 0. The van der Waals surface area contributed by atoms with Crippen LogP contribution >= 0.6 is 0 Å². The van der Waals surface area contributed by atoms with Crippen LogP contribution in [0.2, 0.25) is 0 Å².